The Morgan fingerprint density at radius 3 is 2.61 bits per heavy atom. The highest BCUT2D eigenvalue weighted by atomic mass is 19.1. The molecular weight excluding hydrogens is 400 g/mol. The van der Waals surface area contributed by atoms with Crippen LogP contribution in [0.4, 0.5) is 14.6 Å². The predicted octanol–water partition coefficient (Wildman–Crippen LogP) is 2.90. The Morgan fingerprint density at radius 2 is 1.94 bits per heavy atom. The Balaban J connectivity index is 1.55. The number of hydrogen-bond acceptors (Lipinski definition) is 4. The molecule has 0 bridgehead atoms. The fraction of sp³-hybridized carbons (Fsp3) is 0.227. The summed E-state index contributed by atoms with van der Waals surface area (Å²) in [6.07, 6.45) is 1.20. The summed E-state index contributed by atoms with van der Waals surface area (Å²) in [4.78, 5) is 4.15. The van der Waals surface area contributed by atoms with Crippen LogP contribution in [0.5, 0.6) is 0 Å². The van der Waals surface area contributed by atoms with Gasteiger partial charge in [-0.3, -0.25) is 4.99 Å². The molecule has 0 fully saturated rings. The number of aliphatic imine (C=N–C) groups is 1. The van der Waals surface area contributed by atoms with E-state index in [0.29, 0.717) is 48.8 Å². The third-order valence-electron chi connectivity index (χ3n) is 4.63. The van der Waals surface area contributed by atoms with Crippen LogP contribution in [-0.4, -0.2) is 29.3 Å². The fourth-order valence-corrected chi connectivity index (χ4v) is 3.07. The number of guanidine groups is 1. The lowest BCUT2D eigenvalue weighted by atomic mass is 10.1. The largest absolute Gasteiger partial charge is 0.382 e. The number of hydrogen-bond donors (Lipinski definition) is 3. The van der Waals surface area contributed by atoms with Crippen LogP contribution >= 0.6 is 0 Å². The molecule has 160 valence electrons. The molecule has 3 aromatic rings. The van der Waals surface area contributed by atoms with E-state index in [4.69, 9.17) is 5.73 Å². The van der Waals surface area contributed by atoms with Gasteiger partial charge in [-0.25, -0.2) is 13.5 Å². The molecule has 0 spiro atoms. The lowest BCUT2D eigenvalue weighted by molar-refractivity contribution is 0.624. The Morgan fingerprint density at radius 1 is 1.16 bits per heavy atom. The van der Waals surface area contributed by atoms with Gasteiger partial charge in [0.1, 0.15) is 29.1 Å². The SMILES string of the molecule is CN=C(NCCCc1nn(-c2ccc(F)cc2)c(N)c1C#N)NCc1cccc(F)c1. The second-order valence-corrected chi connectivity index (χ2v) is 6.79. The highest BCUT2D eigenvalue weighted by Gasteiger charge is 2.16. The second-order valence-electron chi connectivity index (χ2n) is 6.79. The maximum absolute atomic E-state index is 13.3. The molecule has 4 N–H and O–H groups in total. The molecule has 0 atom stereocenters. The monoisotopic (exact) mass is 423 g/mol. The van der Waals surface area contributed by atoms with E-state index in [-0.39, 0.29) is 17.5 Å². The molecule has 0 saturated carbocycles. The van der Waals surface area contributed by atoms with Crippen molar-refractivity contribution in [3.05, 3.63) is 77.0 Å². The van der Waals surface area contributed by atoms with Gasteiger partial charge in [0.15, 0.2) is 5.96 Å². The van der Waals surface area contributed by atoms with Crippen molar-refractivity contribution in [2.45, 2.75) is 19.4 Å². The van der Waals surface area contributed by atoms with Gasteiger partial charge in [0.05, 0.1) is 11.4 Å². The number of nitriles is 1. The van der Waals surface area contributed by atoms with Crippen molar-refractivity contribution in [1.29, 1.82) is 5.26 Å². The van der Waals surface area contributed by atoms with E-state index in [0.717, 1.165) is 5.56 Å². The van der Waals surface area contributed by atoms with E-state index in [2.05, 4.69) is 26.8 Å². The average Bonchev–Trinajstić information content (AvgIpc) is 3.09. The van der Waals surface area contributed by atoms with Crippen LogP contribution in [0.25, 0.3) is 5.69 Å². The van der Waals surface area contributed by atoms with Crippen molar-refractivity contribution < 1.29 is 8.78 Å². The molecule has 1 heterocycles. The standard InChI is InChI=1S/C22H23F2N7/c1-27-22(29-14-15-4-2-5-17(24)12-15)28-11-3-6-20-19(13-25)21(26)31(30-20)18-9-7-16(23)8-10-18/h2,4-5,7-10,12H,3,6,11,14,26H2,1H3,(H2,27,28,29). The van der Waals surface area contributed by atoms with Crippen LogP contribution in [0.15, 0.2) is 53.5 Å². The number of nitrogens with one attached hydrogen (secondary N) is 2. The van der Waals surface area contributed by atoms with Crippen LogP contribution in [0.1, 0.15) is 23.2 Å². The molecule has 1 aromatic heterocycles. The molecule has 0 amide bonds. The maximum Gasteiger partial charge on any atom is 0.191 e. The third-order valence-corrected chi connectivity index (χ3v) is 4.63. The minimum absolute atomic E-state index is 0.227. The number of benzene rings is 2. The van der Waals surface area contributed by atoms with Crippen LogP contribution in [0.2, 0.25) is 0 Å². The van der Waals surface area contributed by atoms with Gasteiger partial charge in [-0.15, -0.1) is 0 Å². The summed E-state index contributed by atoms with van der Waals surface area (Å²) in [5, 5.41) is 20.2. The number of nitrogens with zero attached hydrogens (tertiary/aromatic N) is 4. The first-order valence-corrected chi connectivity index (χ1v) is 9.74. The third kappa shape index (κ3) is 5.57. The molecule has 31 heavy (non-hydrogen) atoms. The first-order valence-electron chi connectivity index (χ1n) is 9.74. The van der Waals surface area contributed by atoms with Crippen molar-refractivity contribution in [3.8, 4) is 11.8 Å². The van der Waals surface area contributed by atoms with Gasteiger partial charge < -0.3 is 16.4 Å². The van der Waals surface area contributed by atoms with Crippen LogP contribution in [0.3, 0.4) is 0 Å². The zero-order chi connectivity index (χ0) is 22.2. The molecule has 0 aliphatic carbocycles. The summed E-state index contributed by atoms with van der Waals surface area (Å²) in [6, 6.07) is 14.2. The van der Waals surface area contributed by atoms with Crippen LogP contribution < -0.4 is 16.4 Å². The Labute approximate surface area is 179 Å². The summed E-state index contributed by atoms with van der Waals surface area (Å²) in [5.74, 6) is 0.168. The minimum atomic E-state index is -0.360. The van der Waals surface area contributed by atoms with E-state index in [1.807, 2.05) is 6.07 Å². The zero-order valence-corrected chi connectivity index (χ0v) is 17.1. The number of halogens is 2. The highest BCUT2D eigenvalue weighted by Crippen LogP contribution is 2.21. The van der Waals surface area contributed by atoms with Gasteiger partial charge >= 0.3 is 0 Å². The van der Waals surface area contributed by atoms with Gasteiger partial charge in [0.2, 0.25) is 0 Å². The number of aryl methyl sites for hydroxylation is 1. The summed E-state index contributed by atoms with van der Waals surface area (Å²) in [7, 11) is 1.65. The Kier molecular flexibility index (Phi) is 7.17. The summed E-state index contributed by atoms with van der Waals surface area (Å²) >= 11 is 0. The molecule has 0 unspecified atom stereocenters. The number of anilines is 1. The van der Waals surface area contributed by atoms with Crippen LogP contribution in [0, 0.1) is 23.0 Å². The van der Waals surface area contributed by atoms with Crippen molar-refractivity contribution in [2.75, 3.05) is 19.3 Å². The van der Waals surface area contributed by atoms with Gasteiger partial charge in [0.25, 0.3) is 0 Å². The Bertz CT molecular complexity index is 1100. The van der Waals surface area contributed by atoms with Gasteiger partial charge in [-0.05, 0) is 54.8 Å². The average molecular weight is 423 g/mol. The van der Waals surface area contributed by atoms with Crippen molar-refractivity contribution in [3.63, 3.8) is 0 Å². The summed E-state index contributed by atoms with van der Waals surface area (Å²) < 4.78 is 27.9. The van der Waals surface area contributed by atoms with Gasteiger partial charge in [-0.2, -0.15) is 10.4 Å². The van der Waals surface area contributed by atoms with Crippen molar-refractivity contribution in [2.24, 2.45) is 4.99 Å². The lowest BCUT2D eigenvalue weighted by Crippen LogP contribution is -2.37. The molecule has 7 nitrogen and oxygen atoms in total. The molecule has 0 saturated heterocycles. The quantitative estimate of drug-likeness (QED) is 0.308. The van der Waals surface area contributed by atoms with Crippen molar-refractivity contribution >= 4 is 11.8 Å². The highest BCUT2D eigenvalue weighted by molar-refractivity contribution is 5.79. The maximum atomic E-state index is 13.3. The number of nitrogens with two attached hydrogens (primary N) is 1. The first-order chi connectivity index (χ1) is 15.0. The number of nitrogen functional groups attached to an aromatic ring is 1. The molecule has 0 aliphatic rings. The molecular formula is C22H23F2N7. The zero-order valence-electron chi connectivity index (χ0n) is 17.1. The van der Waals surface area contributed by atoms with Crippen LogP contribution in [-0.2, 0) is 13.0 Å². The lowest BCUT2D eigenvalue weighted by Gasteiger charge is -2.11. The fourth-order valence-electron chi connectivity index (χ4n) is 3.07. The van der Waals surface area contributed by atoms with E-state index in [1.165, 1.54) is 28.9 Å². The van der Waals surface area contributed by atoms with E-state index in [1.54, 1.807) is 25.2 Å². The minimum Gasteiger partial charge on any atom is -0.382 e. The molecule has 9 heteroatoms. The smallest absolute Gasteiger partial charge is 0.191 e. The summed E-state index contributed by atoms with van der Waals surface area (Å²) in [5.41, 5.74) is 8.37. The molecule has 2 aromatic carbocycles. The second kappa shape index (κ2) is 10.2. The van der Waals surface area contributed by atoms with Crippen molar-refractivity contribution in [1.82, 2.24) is 20.4 Å². The Hall–Kier alpha value is -3.93. The van der Waals surface area contributed by atoms with Gasteiger partial charge in [-0.1, -0.05) is 12.1 Å². The van der Waals surface area contributed by atoms with E-state index < -0.39 is 0 Å². The van der Waals surface area contributed by atoms with E-state index >= 15 is 0 Å². The van der Waals surface area contributed by atoms with Gasteiger partial charge in [0, 0.05) is 20.1 Å². The number of aromatic nitrogens is 2. The summed E-state index contributed by atoms with van der Waals surface area (Å²) in [6.45, 7) is 1.02. The van der Waals surface area contributed by atoms with E-state index in [9.17, 15) is 14.0 Å². The molecule has 3 rings (SSSR count). The molecule has 0 radical (unpaired) electrons. The number of rotatable bonds is 7. The predicted molar refractivity (Wildman–Crippen MR) is 116 cm³/mol. The first kappa shape index (κ1) is 21.8. The topological polar surface area (TPSA) is 104 Å². The normalized spacial score (nSPS) is 11.2. The molecule has 0 aliphatic heterocycles.